The van der Waals surface area contributed by atoms with Gasteiger partial charge in [0.05, 0.1) is 0 Å². The van der Waals surface area contributed by atoms with Crippen molar-refractivity contribution in [3.63, 3.8) is 0 Å². The van der Waals surface area contributed by atoms with Crippen molar-refractivity contribution in [1.29, 1.82) is 0 Å². The van der Waals surface area contributed by atoms with E-state index < -0.39 is 0 Å². The number of aryl methyl sites for hydroxylation is 1. The molecule has 0 amide bonds. The molecule has 1 aliphatic rings. The Hall–Kier alpha value is -1.14. The molecule has 0 atom stereocenters. The monoisotopic (exact) mass is 380 g/mol. The van der Waals surface area contributed by atoms with Crippen molar-refractivity contribution in [2.45, 2.75) is 32.4 Å². The molecule has 0 saturated heterocycles. The van der Waals surface area contributed by atoms with Crippen molar-refractivity contribution in [2.75, 3.05) is 0 Å². The minimum absolute atomic E-state index is 0.682. The number of halogens is 1. The van der Waals surface area contributed by atoms with Crippen LogP contribution in [0, 0.1) is 10.5 Å². The third-order valence-electron chi connectivity index (χ3n) is 3.29. The van der Waals surface area contributed by atoms with Crippen molar-refractivity contribution >= 4 is 22.6 Å². The van der Waals surface area contributed by atoms with Gasteiger partial charge in [-0.3, -0.25) is 0 Å². The van der Waals surface area contributed by atoms with E-state index >= 15 is 0 Å². The highest BCUT2D eigenvalue weighted by Crippen LogP contribution is 2.24. The fourth-order valence-electron chi connectivity index (χ4n) is 1.99. The van der Waals surface area contributed by atoms with Gasteiger partial charge in [0.2, 0.25) is 5.88 Å². The molecule has 0 bridgehead atoms. The molecule has 1 N–H and O–H groups in total. The highest BCUT2D eigenvalue weighted by atomic mass is 127. The number of benzene rings is 1. The summed E-state index contributed by atoms with van der Waals surface area (Å²) in [7, 11) is 0. The van der Waals surface area contributed by atoms with E-state index in [0.29, 0.717) is 5.88 Å². The average Bonchev–Trinajstić information content (AvgIpc) is 3.26. The SMILES string of the molecule is Cc1cc(CNC2CC2)cnc1Oc1ccc(I)cc1. The topological polar surface area (TPSA) is 34.2 Å². The second-order valence-electron chi connectivity index (χ2n) is 5.18. The second kappa shape index (κ2) is 6.10. The Morgan fingerprint density at radius 1 is 1.30 bits per heavy atom. The molecule has 1 fully saturated rings. The normalized spacial score (nSPS) is 14.3. The van der Waals surface area contributed by atoms with E-state index in [1.54, 1.807) is 0 Å². The lowest BCUT2D eigenvalue weighted by molar-refractivity contribution is 0.458. The van der Waals surface area contributed by atoms with Crippen LogP contribution in [0.1, 0.15) is 24.0 Å². The van der Waals surface area contributed by atoms with Gasteiger partial charge in [-0.05, 0) is 78.3 Å². The number of pyridine rings is 1. The zero-order valence-electron chi connectivity index (χ0n) is 11.4. The summed E-state index contributed by atoms with van der Waals surface area (Å²) in [6, 6.07) is 10.8. The van der Waals surface area contributed by atoms with Gasteiger partial charge >= 0.3 is 0 Å². The molecule has 20 heavy (non-hydrogen) atoms. The van der Waals surface area contributed by atoms with Gasteiger partial charge in [0, 0.05) is 27.9 Å². The molecule has 0 unspecified atom stereocenters. The lowest BCUT2D eigenvalue weighted by atomic mass is 10.2. The van der Waals surface area contributed by atoms with E-state index in [-0.39, 0.29) is 0 Å². The Morgan fingerprint density at radius 3 is 2.70 bits per heavy atom. The number of aromatic nitrogens is 1. The standard InChI is InChI=1S/C16H17IN2O/c1-11-8-12(9-18-14-4-5-14)10-19-16(11)20-15-6-2-13(17)3-7-15/h2-3,6-8,10,14,18H,4-5,9H2,1H3. The van der Waals surface area contributed by atoms with Gasteiger partial charge in [-0.1, -0.05) is 0 Å². The van der Waals surface area contributed by atoms with E-state index in [4.69, 9.17) is 4.74 Å². The molecule has 0 aliphatic heterocycles. The van der Waals surface area contributed by atoms with Crippen molar-refractivity contribution in [3.05, 3.63) is 51.2 Å². The van der Waals surface area contributed by atoms with Crippen molar-refractivity contribution in [3.8, 4) is 11.6 Å². The van der Waals surface area contributed by atoms with Gasteiger partial charge in [-0.25, -0.2) is 4.98 Å². The summed E-state index contributed by atoms with van der Waals surface area (Å²) in [5, 5.41) is 3.49. The van der Waals surface area contributed by atoms with Crippen molar-refractivity contribution in [2.24, 2.45) is 0 Å². The molecule has 3 nitrogen and oxygen atoms in total. The summed E-state index contributed by atoms with van der Waals surface area (Å²) in [6.45, 7) is 2.93. The Kier molecular flexibility index (Phi) is 4.21. The van der Waals surface area contributed by atoms with Crippen LogP contribution in [0.25, 0.3) is 0 Å². The summed E-state index contributed by atoms with van der Waals surface area (Å²) < 4.78 is 7.02. The molecule has 1 aromatic heterocycles. The van der Waals surface area contributed by atoms with Gasteiger partial charge in [-0.15, -0.1) is 0 Å². The van der Waals surface area contributed by atoms with E-state index in [9.17, 15) is 0 Å². The van der Waals surface area contributed by atoms with Gasteiger partial charge < -0.3 is 10.1 Å². The van der Waals surface area contributed by atoms with Crippen LogP contribution in [0.5, 0.6) is 11.6 Å². The fourth-order valence-corrected chi connectivity index (χ4v) is 2.35. The van der Waals surface area contributed by atoms with Crippen LogP contribution < -0.4 is 10.1 Å². The first-order valence-corrected chi connectivity index (χ1v) is 7.91. The first kappa shape index (κ1) is 13.8. The maximum Gasteiger partial charge on any atom is 0.222 e. The lowest BCUT2D eigenvalue weighted by Crippen LogP contribution is -2.15. The predicted molar refractivity (Wildman–Crippen MR) is 88.1 cm³/mol. The van der Waals surface area contributed by atoms with E-state index in [0.717, 1.165) is 23.9 Å². The molecule has 4 heteroatoms. The number of nitrogens with one attached hydrogen (secondary N) is 1. The third-order valence-corrected chi connectivity index (χ3v) is 4.01. The molecular weight excluding hydrogens is 363 g/mol. The number of ether oxygens (including phenoxy) is 1. The van der Waals surface area contributed by atoms with E-state index in [1.807, 2.05) is 37.4 Å². The molecule has 3 rings (SSSR count). The van der Waals surface area contributed by atoms with Crippen LogP contribution in [0.15, 0.2) is 36.5 Å². The van der Waals surface area contributed by atoms with Crippen LogP contribution in [0.2, 0.25) is 0 Å². The van der Waals surface area contributed by atoms with Crippen LogP contribution in [0.3, 0.4) is 0 Å². The largest absolute Gasteiger partial charge is 0.439 e. The summed E-state index contributed by atoms with van der Waals surface area (Å²) in [5.41, 5.74) is 2.28. The maximum absolute atomic E-state index is 5.82. The van der Waals surface area contributed by atoms with Crippen LogP contribution >= 0.6 is 22.6 Å². The Bertz CT molecular complexity index is 594. The first-order valence-electron chi connectivity index (χ1n) is 6.83. The van der Waals surface area contributed by atoms with Crippen molar-refractivity contribution in [1.82, 2.24) is 10.3 Å². The molecular formula is C16H17IN2O. The summed E-state index contributed by atoms with van der Waals surface area (Å²) >= 11 is 2.28. The van der Waals surface area contributed by atoms with E-state index in [1.165, 1.54) is 22.0 Å². The van der Waals surface area contributed by atoms with Gasteiger partial charge in [0.25, 0.3) is 0 Å². The maximum atomic E-state index is 5.82. The average molecular weight is 380 g/mol. The number of rotatable bonds is 5. The van der Waals surface area contributed by atoms with Gasteiger partial charge in [0.15, 0.2) is 0 Å². The highest BCUT2D eigenvalue weighted by Gasteiger charge is 2.20. The summed E-state index contributed by atoms with van der Waals surface area (Å²) in [6.07, 6.45) is 4.51. The summed E-state index contributed by atoms with van der Waals surface area (Å²) in [4.78, 5) is 4.43. The molecule has 0 spiro atoms. The highest BCUT2D eigenvalue weighted by molar-refractivity contribution is 14.1. The van der Waals surface area contributed by atoms with Gasteiger partial charge in [0.1, 0.15) is 5.75 Å². The lowest BCUT2D eigenvalue weighted by Gasteiger charge is -2.09. The minimum Gasteiger partial charge on any atom is -0.439 e. The molecule has 1 saturated carbocycles. The Labute approximate surface area is 132 Å². The summed E-state index contributed by atoms with van der Waals surface area (Å²) in [5.74, 6) is 1.51. The number of hydrogen-bond donors (Lipinski definition) is 1. The number of hydrogen-bond acceptors (Lipinski definition) is 3. The fraction of sp³-hybridized carbons (Fsp3) is 0.312. The smallest absolute Gasteiger partial charge is 0.222 e. The minimum atomic E-state index is 0.682. The zero-order chi connectivity index (χ0) is 13.9. The molecule has 1 heterocycles. The molecule has 0 radical (unpaired) electrons. The molecule has 1 aliphatic carbocycles. The van der Waals surface area contributed by atoms with E-state index in [2.05, 4.69) is 39.0 Å². The Morgan fingerprint density at radius 2 is 2.05 bits per heavy atom. The predicted octanol–water partition coefficient (Wildman–Crippen LogP) is 4.04. The quantitative estimate of drug-likeness (QED) is 0.796. The molecule has 2 aromatic rings. The van der Waals surface area contributed by atoms with Crippen molar-refractivity contribution < 1.29 is 4.74 Å². The number of nitrogens with zero attached hydrogens (tertiary/aromatic N) is 1. The van der Waals surface area contributed by atoms with Gasteiger partial charge in [-0.2, -0.15) is 0 Å². The second-order valence-corrected chi connectivity index (χ2v) is 6.42. The molecule has 104 valence electrons. The third kappa shape index (κ3) is 3.70. The van der Waals surface area contributed by atoms with Crippen LogP contribution in [0.4, 0.5) is 0 Å². The molecule has 1 aromatic carbocycles. The van der Waals surface area contributed by atoms with Crippen LogP contribution in [-0.2, 0) is 6.54 Å². The first-order chi connectivity index (χ1) is 9.70. The zero-order valence-corrected chi connectivity index (χ0v) is 13.6. The van der Waals surface area contributed by atoms with Crippen LogP contribution in [-0.4, -0.2) is 11.0 Å². The Balaban J connectivity index is 1.68.